The molecule has 0 amide bonds. The van der Waals surface area contributed by atoms with E-state index >= 15 is 0 Å². The van der Waals surface area contributed by atoms with Gasteiger partial charge in [-0.05, 0) is 44.9 Å². The van der Waals surface area contributed by atoms with E-state index < -0.39 is 6.10 Å². The van der Waals surface area contributed by atoms with Crippen molar-refractivity contribution in [3.05, 3.63) is 12.2 Å². The highest BCUT2D eigenvalue weighted by atomic mass is 16.6. The number of unbranched alkanes of at least 4 members (excludes halogenated alkanes) is 36. The number of hydrogen-bond donors (Lipinski definition) is 0. The van der Waals surface area contributed by atoms with Gasteiger partial charge >= 0.3 is 17.9 Å². The molecule has 0 saturated carbocycles. The average molecular weight is 847 g/mol. The fraction of sp³-hybridized carbons (Fsp3) is 0.907. The van der Waals surface area contributed by atoms with Crippen molar-refractivity contribution in [1.29, 1.82) is 0 Å². The minimum atomic E-state index is -0.767. The number of allylic oxidation sites excluding steroid dienone is 2. The summed E-state index contributed by atoms with van der Waals surface area (Å²) in [5.74, 6) is -0.860. The number of esters is 3. The largest absolute Gasteiger partial charge is 0.462 e. The van der Waals surface area contributed by atoms with Crippen molar-refractivity contribution < 1.29 is 28.6 Å². The molecule has 0 rings (SSSR count). The van der Waals surface area contributed by atoms with Crippen molar-refractivity contribution in [2.75, 3.05) is 13.2 Å². The Balaban J connectivity index is 4.28. The highest BCUT2D eigenvalue weighted by molar-refractivity contribution is 5.71. The quantitative estimate of drug-likeness (QED) is 0.0263. The Morgan fingerprint density at radius 3 is 0.850 bits per heavy atom. The van der Waals surface area contributed by atoms with Crippen LogP contribution in [0.15, 0.2) is 12.2 Å². The van der Waals surface area contributed by atoms with Gasteiger partial charge in [-0.2, -0.15) is 0 Å². The van der Waals surface area contributed by atoms with Crippen LogP contribution in [0.3, 0.4) is 0 Å². The zero-order chi connectivity index (χ0) is 43.7. The summed E-state index contributed by atoms with van der Waals surface area (Å²) in [6, 6.07) is 0. The van der Waals surface area contributed by atoms with Gasteiger partial charge in [-0.3, -0.25) is 14.4 Å². The number of rotatable bonds is 49. The molecular formula is C54H102O6. The van der Waals surface area contributed by atoms with Crippen molar-refractivity contribution >= 4 is 17.9 Å². The molecule has 0 bridgehead atoms. The fourth-order valence-corrected chi connectivity index (χ4v) is 7.97. The molecule has 60 heavy (non-hydrogen) atoms. The lowest BCUT2D eigenvalue weighted by molar-refractivity contribution is -0.167. The molecule has 0 radical (unpaired) electrons. The first-order chi connectivity index (χ1) is 29.5. The minimum Gasteiger partial charge on any atom is -0.462 e. The van der Waals surface area contributed by atoms with Crippen molar-refractivity contribution in [2.45, 2.75) is 303 Å². The number of hydrogen-bond acceptors (Lipinski definition) is 6. The van der Waals surface area contributed by atoms with E-state index in [1.54, 1.807) is 0 Å². The van der Waals surface area contributed by atoms with Crippen LogP contribution in [0.1, 0.15) is 297 Å². The average Bonchev–Trinajstić information content (AvgIpc) is 3.24. The molecular weight excluding hydrogens is 745 g/mol. The van der Waals surface area contributed by atoms with Gasteiger partial charge in [0.15, 0.2) is 6.10 Å². The molecule has 0 fully saturated rings. The van der Waals surface area contributed by atoms with Crippen molar-refractivity contribution in [1.82, 2.24) is 0 Å². The molecule has 1 atom stereocenters. The Morgan fingerprint density at radius 1 is 0.317 bits per heavy atom. The van der Waals surface area contributed by atoms with Gasteiger partial charge in [0.2, 0.25) is 0 Å². The van der Waals surface area contributed by atoms with Crippen LogP contribution in [0.4, 0.5) is 0 Å². The minimum absolute atomic E-state index is 0.0680. The Bertz CT molecular complexity index is 931. The summed E-state index contributed by atoms with van der Waals surface area (Å²) in [6.07, 6.45) is 54.8. The topological polar surface area (TPSA) is 78.9 Å². The van der Waals surface area contributed by atoms with Gasteiger partial charge in [-0.1, -0.05) is 245 Å². The third-order valence-corrected chi connectivity index (χ3v) is 12.0. The Kier molecular flexibility index (Phi) is 48.3. The first kappa shape index (κ1) is 58.1. The monoisotopic (exact) mass is 847 g/mol. The fourth-order valence-electron chi connectivity index (χ4n) is 7.97. The SMILES string of the molecule is CCCCCC/C=C\CCCCCCCC(=O)O[C@H](COC(=O)CCCCCCCCCCCCC)COC(=O)CCCCCCCCCCCCCCCCCCCC. The lowest BCUT2D eigenvalue weighted by Crippen LogP contribution is -2.30. The lowest BCUT2D eigenvalue weighted by Gasteiger charge is -2.18. The van der Waals surface area contributed by atoms with Crippen LogP contribution in [0.5, 0.6) is 0 Å². The van der Waals surface area contributed by atoms with Gasteiger partial charge in [0, 0.05) is 19.3 Å². The highest BCUT2D eigenvalue weighted by Crippen LogP contribution is 2.16. The van der Waals surface area contributed by atoms with E-state index in [-0.39, 0.29) is 31.1 Å². The molecule has 0 unspecified atom stereocenters. The zero-order valence-electron chi connectivity index (χ0n) is 40.5. The van der Waals surface area contributed by atoms with Gasteiger partial charge in [-0.25, -0.2) is 0 Å². The van der Waals surface area contributed by atoms with E-state index in [2.05, 4.69) is 32.9 Å². The van der Waals surface area contributed by atoms with E-state index in [9.17, 15) is 14.4 Å². The van der Waals surface area contributed by atoms with Gasteiger partial charge < -0.3 is 14.2 Å². The summed E-state index contributed by atoms with van der Waals surface area (Å²) in [7, 11) is 0. The summed E-state index contributed by atoms with van der Waals surface area (Å²) in [5, 5.41) is 0. The second-order valence-electron chi connectivity index (χ2n) is 18.2. The number of carbonyl (C=O) groups is 3. The molecule has 0 aliphatic carbocycles. The Hall–Kier alpha value is -1.85. The van der Waals surface area contributed by atoms with Crippen molar-refractivity contribution in [3.63, 3.8) is 0 Å². The predicted octanol–water partition coefficient (Wildman–Crippen LogP) is 17.4. The van der Waals surface area contributed by atoms with Crippen molar-refractivity contribution in [2.24, 2.45) is 0 Å². The molecule has 0 aliphatic heterocycles. The van der Waals surface area contributed by atoms with Crippen LogP contribution < -0.4 is 0 Å². The molecule has 354 valence electrons. The number of ether oxygens (including phenoxy) is 3. The van der Waals surface area contributed by atoms with Crippen molar-refractivity contribution in [3.8, 4) is 0 Å². The van der Waals surface area contributed by atoms with E-state index in [4.69, 9.17) is 14.2 Å². The molecule has 0 aromatic rings. The summed E-state index contributed by atoms with van der Waals surface area (Å²) >= 11 is 0. The van der Waals surface area contributed by atoms with Gasteiger partial charge in [0.25, 0.3) is 0 Å². The van der Waals surface area contributed by atoms with Crippen LogP contribution in [0.25, 0.3) is 0 Å². The lowest BCUT2D eigenvalue weighted by atomic mass is 10.0. The molecule has 0 aromatic carbocycles. The van der Waals surface area contributed by atoms with Crippen LogP contribution >= 0.6 is 0 Å². The molecule has 6 nitrogen and oxygen atoms in total. The van der Waals surface area contributed by atoms with E-state index in [0.29, 0.717) is 19.3 Å². The first-order valence-corrected chi connectivity index (χ1v) is 26.7. The smallest absolute Gasteiger partial charge is 0.306 e. The summed E-state index contributed by atoms with van der Waals surface area (Å²) < 4.78 is 16.8. The standard InChI is InChI=1S/C54H102O6/c1-4-7-10-13-16-19-22-24-25-26-27-28-30-32-35-38-41-44-47-53(56)59-50-51(49-58-52(55)46-43-40-37-34-31-21-18-15-12-9-6-3)60-54(57)48-45-42-39-36-33-29-23-20-17-14-11-8-5-2/h20,23,51H,4-19,21-22,24-50H2,1-3H3/b23-20-/t51-/m1/s1. The molecule has 0 aromatic heterocycles. The molecule has 0 saturated heterocycles. The third kappa shape index (κ3) is 47.2. The number of carbonyl (C=O) groups excluding carboxylic acids is 3. The van der Waals surface area contributed by atoms with Gasteiger partial charge in [-0.15, -0.1) is 0 Å². The molecule has 0 aliphatic rings. The second kappa shape index (κ2) is 49.8. The van der Waals surface area contributed by atoms with Crippen LogP contribution in [-0.4, -0.2) is 37.2 Å². The van der Waals surface area contributed by atoms with E-state index in [1.165, 1.54) is 193 Å². The second-order valence-corrected chi connectivity index (χ2v) is 18.2. The maximum Gasteiger partial charge on any atom is 0.306 e. The summed E-state index contributed by atoms with van der Waals surface area (Å²) in [5.41, 5.74) is 0. The predicted molar refractivity (Wildman–Crippen MR) is 256 cm³/mol. The van der Waals surface area contributed by atoms with E-state index in [1.807, 2.05) is 0 Å². The third-order valence-electron chi connectivity index (χ3n) is 12.0. The Labute approximate surface area is 373 Å². The van der Waals surface area contributed by atoms with Crippen LogP contribution in [-0.2, 0) is 28.6 Å². The molecule has 0 N–H and O–H groups in total. The molecule has 6 heteroatoms. The van der Waals surface area contributed by atoms with Gasteiger partial charge in [0.05, 0.1) is 0 Å². The van der Waals surface area contributed by atoms with E-state index in [0.717, 1.165) is 64.2 Å². The summed E-state index contributed by atoms with van der Waals surface area (Å²) in [4.78, 5) is 37.9. The molecule has 0 spiro atoms. The van der Waals surface area contributed by atoms with Gasteiger partial charge in [0.1, 0.15) is 13.2 Å². The maximum atomic E-state index is 12.8. The highest BCUT2D eigenvalue weighted by Gasteiger charge is 2.19. The maximum absolute atomic E-state index is 12.8. The van der Waals surface area contributed by atoms with Crippen LogP contribution in [0.2, 0.25) is 0 Å². The first-order valence-electron chi connectivity index (χ1n) is 26.7. The zero-order valence-corrected chi connectivity index (χ0v) is 40.5. The molecule has 0 heterocycles. The Morgan fingerprint density at radius 2 is 0.550 bits per heavy atom. The van der Waals surface area contributed by atoms with Crippen LogP contribution in [0, 0.1) is 0 Å². The summed E-state index contributed by atoms with van der Waals surface area (Å²) in [6.45, 7) is 6.65. The normalized spacial score (nSPS) is 12.0.